The summed E-state index contributed by atoms with van der Waals surface area (Å²) in [6.45, 7) is 8.99. The summed E-state index contributed by atoms with van der Waals surface area (Å²) in [5.74, 6) is -0.193. The van der Waals surface area contributed by atoms with Gasteiger partial charge in [0.1, 0.15) is 5.75 Å². The Bertz CT molecular complexity index is 453. The van der Waals surface area contributed by atoms with E-state index in [-0.39, 0.29) is 11.2 Å². The number of carbonyl (C=O) groups is 2. The van der Waals surface area contributed by atoms with Crippen molar-refractivity contribution in [3.8, 4) is 5.75 Å². The first-order valence-corrected chi connectivity index (χ1v) is 5.55. The molecule has 0 unspecified atom stereocenters. The molecule has 0 aliphatic carbocycles. The molecule has 17 heavy (non-hydrogen) atoms. The average molecular weight is 234 g/mol. The number of Topliss-reactive ketones (excluding diaryl/α,β-unsaturated/α-hetero) is 1. The third-order valence-electron chi connectivity index (χ3n) is 2.48. The van der Waals surface area contributed by atoms with Crippen LogP contribution in [0, 0.1) is 0 Å². The lowest BCUT2D eigenvalue weighted by molar-refractivity contribution is -0.131. The summed E-state index contributed by atoms with van der Waals surface area (Å²) in [5, 5.41) is 0. The molecule has 0 atom stereocenters. The van der Waals surface area contributed by atoms with Gasteiger partial charge in [-0.3, -0.25) is 9.59 Å². The van der Waals surface area contributed by atoms with Gasteiger partial charge in [0.05, 0.1) is 5.56 Å². The van der Waals surface area contributed by atoms with E-state index in [9.17, 15) is 9.59 Å². The van der Waals surface area contributed by atoms with Crippen LogP contribution in [0.5, 0.6) is 5.75 Å². The molecule has 0 aromatic heterocycles. The van der Waals surface area contributed by atoms with Crippen molar-refractivity contribution in [2.24, 2.45) is 0 Å². The zero-order valence-electron chi connectivity index (χ0n) is 11.0. The largest absolute Gasteiger partial charge is 0.426 e. The molecule has 0 N–H and O–H groups in total. The van der Waals surface area contributed by atoms with Crippen LogP contribution in [0.4, 0.5) is 0 Å². The van der Waals surface area contributed by atoms with Gasteiger partial charge in [-0.05, 0) is 30.0 Å². The molecule has 0 radical (unpaired) electrons. The molecule has 0 spiro atoms. The van der Waals surface area contributed by atoms with E-state index in [0.29, 0.717) is 11.3 Å². The van der Waals surface area contributed by atoms with Crippen molar-refractivity contribution < 1.29 is 14.3 Å². The van der Waals surface area contributed by atoms with Crippen LogP contribution in [0.2, 0.25) is 0 Å². The van der Waals surface area contributed by atoms with Gasteiger partial charge in [0.25, 0.3) is 0 Å². The zero-order chi connectivity index (χ0) is 13.2. The van der Waals surface area contributed by atoms with E-state index in [0.717, 1.165) is 5.56 Å². The number of ether oxygens (including phenoxy) is 1. The summed E-state index contributed by atoms with van der Waals surface area (Å²) < 4.78 is 5.01. The standard InChI is InChI=1S/C14H18O3/c1-9(15)12-8-11(14(3,4)5)6-7-13(12)17-10(2)16/h6-8H,1-5H3. The number of hydrogen-bond donors (Lipinski definition) is 0. The van der Waals surface area contributed by atoms with Crippen LogP contribution in [0.25, 0.3) is 0 Å². The van der Waals surface area contributed by atoms with E-state index in [4.69, 9.17) is 4.74 Å². The second-order valence-corrected chi connectivity index (χ2v) is 5.11. The highest BCUT2D eigenvalue weighted by Gasteiger charge is 2.18. The molecule has 0 aliphatic rings. The van der Waals surface area contributed by atoms with Gasteiger partial charge in [-0.25, -0.2) is 0 Å². The fraction of sp³-hybridized carbons (Fsp3) is 0.429. The lowest BCUT2D eigenvalue weighted by Gasteiger charge is -2.20. The van der Waals surface area contributed by atoms with Gasteiger partial charge in [-0.15, -0.1) is 0 Å². The minimum Gasteiger partial charge on any atom is -0.426 e. The van der Waals surface area contributed by atoms with E-state index in [2.05, 4.69) is 20.8 Å². The van der Waals surface area contributed by atoms with Crippen LogP contribution in [0.15, 0.2) is 18.2 Å². The van der Waals surface area contributed by atoms with E-state index in [1.165, 1.54) is 13.8 Å². The monoisotopic (exact) mass is 234 g/mol. The van der Waals surface area contributed by atoms with E-state index < -0.39 is 5.97 Å². The molecule has 1 aromatic rings. The van der Waals surface area contributed by atoms with Gasteiger partial charge in [0, 0.05) is 6.92 Å². The van der Waals surface area contributed by atoms with Gasteiger partial charge in [0.15, 0.2) is 5.78 Å². The fourth-order valence-corrected chi connectivity index (χ4v) is 1.52. The van der Waals surface area contributed by atoms with Crippen molar-refractivity contribution in [2.45, 2.75) is 40.0 Å². The molecular weight excluding hydrogens is 216 g/mol. The lowest BCUT2D eigenvalue weighted by Crippen LogP contribution is -2.13. The molecule has 0 amide bonds. The van der Waals surface area contributed by atoms with Crippen molar-refractivity contribution in [3.63, 3.8) is 0 Å². The van der Waals surface area contributed by atoms with Crippen LogP contribution >= 0.6 is 0 Å². The van der Waals surface area contributed by atoms with Crippen LogP contribution in [-0.2, 0) is 10.2 Å². The van der Waals surface area contributed by atoms with Crippen molar-refractivity contribution in [3.05, 3.63) is 29.3 Å². The summed E-state index contributed by atoms with van der Waals surface area (Å²) in [7, 11) is 0. The van der Waals surface area contributed by atoms with Crippen LogP contribution < -0.4 is 4.74 Å². The zero-order valence-corrected chi connectivity index (χ0v) is 11.0. The molecule has 92 valence electrons. The summed E-state index contributed by atoms with van der Waals surface area (Å²) in [4.78, 5) is 22.5. The molecule has 0 saturated heterocycles. The first-order valence-electron chi connectivity index (χ1n) is 5.55. The van der Waals surface area contributed by atoms with Crippen molar-refractivity contribution in [1.29, 1.82) is 0 Å². The lowest BCUT2D eigenvalue weighted by atomic mass is 9.85. The van der Waals surface area contributed by atoms with Gasteiger partial charge in [0.2, 0.25) is 0 Å². The molecule has 0 bridgehead atoms. The van der Waals surface area contributed by atoms with Gasteiger partial charge in [-0.1, -0.05) is 26.8 Å². The number of esters is 1. The van der Waals surface area contributed by atoms with Crippen LogP contribution in [0.1, 0.15) is 50.5 Å². The second-order valence-electron chi connectivity index (χ2n) is 5.11. The normalized spacial score (nSPS) is 11.1. The van der Waals surface area contributed by atoms with E-state index in [1.54, 1.807) is 12.1 Å². The predicted octanol–water partition coefficient (Wildman–Crippen LogP) is 3.11. The Balaban J connectivity index is 3.27. The minimum absolute atomic E-state index is 0.0427. The second kappa shape index (κ2) is 4.70. The Morgan fingerprint density at radius 1 is 1.12 bits per heavy atom. The number of carbonyl (C=O) groups excluding carboxylic acids is 2. The topological polar surface area (TPSA) is 43.4 Å². The van der Waals surface area contributed by atoms with Crippen molar-refractivity contribution in [2.75, 3.05) is 0 Å². The molecule has 0 heterocycles. The Morgan fingerprint density at radius 2 is 1.71 bits per heavy atom. The first kappa shape index (κ1) is 13.4. The molecular formula is C14H18O3. The third kappa shape index (κ3) is 3.41. The molecule has 3 nitrogen and oxygen atoms in total. The maximum atomic E-state index is 11.5. The molecule has 1 aromatic carbocycles. The van der Waals surface area contributed by atoms with Crippen molar-refractivity contribution in [1.82, 2.24) is 0 Å². The van der Waals surface area contributed by atoms with Gasteiger partial charge in [-0.2, -0.15) is 0 Å². The quantitative estimate of drug-likeness (QED) is 0.448. The Kier molecular flexibility index (Phi) is 3.71. The smallest absolute Gasteiger partial charge is 0.308 e. The first-order chi connectivity index (χ1) is 7.71. The van der Waals surface area contributed by atoms with Crippen LogP contribution in [0.3, 0.4) is 0 Å². The van der Waals surface area contributed by atoms with Gasteiger partial charge < -0.3 is 4.74 Å². The molecule has 1 rings (SSSR count). The summed E-state index contributed by atoms with van der Waals surface area (Å²) in [6, 6.07) is 5.35. The highest BCUT2D eigenvalue weighted by molar-refractivity contribution is 5.97. The van der Waals surface area contributed by atoms with Gasteiger partial charge >= 0.3 is 5.97 Å². The third-order valence-corrected chi connectivity index (χ3v) is 2.48. The van der Waals surface area contributed by atoms with E-state index >= 15 is 0 Å². The number of hydrogen-bond acceptors (Lipinski definition) is 3. The fourth-order valence-electron chi connectivity index (χ4n) is 1.52. The number of benzene rings is 1. The Labute approximate surface area is 102 Å². The maximum absolute atomic E-state index is 11.5. The number of ketones is 1. The predicted molar refractivity (Wildman–Crippen MR) is 66.5 cm³/mol. The molecule has 0 aliphatic heterocycles. The van der Waals surface area contributed by atoms with Crippen LogP contribution in [-0.4, -0.2) is 11.8 Å². The van der Waals surface area contributed by atoms with E-state index in [1.807, 2.05) is 6.07 Å². The highest BCUT2D eigenvalue weighted by Crippen LogP contribution is 2.28. The average Bonchev–Trinajstić information content (AvgIpc) is 2.15. The maximum Gasteiger partial charge on any atom is 0.308 e. The minimum atomic E-state index is -0.420. The highest BCUT2D eigenvalue weighted by atomic mass is 16.5. The van der Waals surface area contributed by atoms with Crippen molar-refractivity contribution >= 4 is 11.8 Å². The summed E-state index contributed by atoms with van der Waals surface area (Å²) in [5.41, 5.74) is 1.45. The molecule has 0 fully saturated rings. The summed E-state index contributed by atoms with van der Waals surface area (Å²) in [6.07, 6.45) is 0. The number of rotatable bonds is 2. The summed E-state index contributed by atoms with van der Waals surface area (Å²) >= 11 is 0. The Morgan fingerprint density at radius 3 is 2.12 bits per heavy atom. The SMILES string of the molecule is CC(=O)Oc1ccc(C(C)(C)C)cc1C(C)=O. The molecule has 0 saturated carbocycles. The molecule has 3 heteroatoms. The Hall–Kier alpha value is -1.64.